The summed E-state index contributed by atoms with van der Waals surface area (Å²) in [6.07, 6.45) is 5.70. The van der Waals surface area contributed by atoms with E-state index in [-0.39, 0.29) is 5.54 Å². The van der Waals surface area contributed by atoms with Crippen LogP contribution in [0.1, 0.15) is 19.3 Å². The standard InChI is InChI=1S/C8H15N3/c1-11(2)8(4-3-5-8)6-10-7-9/h10H,3-6H2,1-2H3. The lowest BCUT2D eigenvalue weighted by Crippen LogP contribution is -2.55. The van der Waals surface area contributed by atoms with Crippen LogP contribution in [0.15, 0.2) is 0 Å². The fraction of sp³-hybridized carbons (Fsp3) is 0.875. The molecule has 0 aromatic heterocycles. The first-order valence-electron chi connectivity index (χ1n) is 4.01. The minimum absolute atomic E-state index is 0.274. The molecular formula is C8H15N3. The van der Waals surface area contributed by atoms with Crippen molar-refractivity contribution in [2.75, 3.05) is 20.6 Å². The summed E-state index contributed by atoms with van der Waals surface area (Å²) in [4.78, 5) is 2.22. The van der Waals surface area contributed by atoms with Gasteiger partial charge in [-0.1, -0.05) is 0 Å². The highest BCUT2D eigenvalue weighted by Crippen LogP contribution is 2.35. The molecule has 62 valence electrons. The van der Waals surface area contributed by atoms with Gasteiger partial charge in [0.05, 0.1) is 0 Å². The van der Waals surface area contributed by atoms with Crippen molar-refractivity contribution in [3.8, 4) is 6.19 Å². The molecular weight excluding hydrogens is 138 g/mol. The molecule has 1 rings (SSSR count). The Morgan fingerprint density at radius 1 is 1.55 bits per heavy atom. The lowest BCUT2D eigenvalue weighted by molar-refractivity contribution is 0.0641. The molecule has 0 amide bonds. The predicted molar refractivity (Wildman–Crippen MR) is 43.9 cm³/mol. The van der Waals surface area contributed by atoms with E-state index in [9.17, 15) is 0 Å². The number of nitriles is 1. The summed E-state index contributed by atoms with van der Waals surface area (Å²) in [5, 5.41) is 11.1. The van der Waals surface area contributed by atoms with Crippen LogP contribution >= 0.6 is 0 Å². The van der Waals surface area contributed by atoms with Crippen molar-refractivity contribution in [1.82, 2.24) is 10.2 Å². The molecule has 0 radical (unpaired) electrons. The average molecular weight is 153 g/mol. The van der Waals surface area contributed by atoms with Crippen LogP contribution in [0.2, 0.25) is 0 Å². The molecule has 0 aromatic carbocycles. The topological polar surface area (TPSA) is 39.1 Å². The Morgan fingerprint density at radius 2 is 2.18 bits per heavy atom. The molecule has 1 aliphatic rings. The van der Waals surface area contributed by atoms with Crippen LogP contribution in [0, 0.1) is 11.5 Å². The van der Waals surface area contributed by atoms with E-state index in [0.29, 0.717) is 0 Å². The predicted octanol–water partition coefficient (Wildman–Crippen LogP) is 0.541. The molecule has 0 saturated heterocycles. The van der Waals surface area contributed by atoms with Gasteiger partial charge in [0.15, 0.2) is 6.19 Å². The van der Waals surface area contributed by atoms with E-state index in [1.165, 1.54) is 19.3 Å². The van der Waals surface area contributed by atoms with Gasteiger partial charge >= 0.3 is 0 Å². The molecule has 0 aromatic rings. The molecule has 3 heteroatoms. The van der Waals surface area contributed by atoms with Gasteiger partial charge in [-0.05, 0) is 33.4 Å². The van der Waals surface area contributed by atoms with Gasteiger partial charge in [0.1, 0.15) is 0 Å². The van der Waals surface area contributed by atoms with Crippen LogP contribution < -0.4 is 5.32 Å². The third-order valence-corrected chi connectivity index (χ3v) is 2.73. The van der Waals surface area contributed by atoms with E-state index in [0.717, 1.165) is 6.54 Å². The van der Waals surface area contributed by atoms with E-state index >= 15 is 0 Å². The summed E-state index contributed by atoms with van der Waals surface area (Å²) in [6, 6.07) is 0. The summed E-state index contributed by atoms with van der Waals surface area (Å²) in [6.45, 7) is 0.802. The number of nitrogens with zero attached hydrogens (tertiary/aromatic N) is 2. The number of rotatable bonds is 3. The van der Waals surface area contributed by atoms with Crippen molar-refractivity contribution >= 4 is 0 Å². The smallest absolute Gasteiger partial charge is 0.176 e. The molecule has 0 atom stereocenters. The zero-order valence-electron chi connectivity index (χ0n) is 7.22. The van der Waals surface area contributed by atoms with Crippen LogP contribution in [0.3, 0.4) is 0 Å². The fourth-order valence-corrected chi connectivity index (χ4v) is 1.57. The van der Waals surface area contributed by atoms with Crippen LogP contribution in [-0.4, -0.2) is 31.1 Å². The highest BCUT2D eigenvalue weighted by atomic mass is 15.2. The number of hydrogen-bond donors (Lipinski definition) is 1. The summed E-state index contributed by atoms with van der Waals surface area (Å²) < 4.78 is 0. The lowest BCUT2D eigenvalue weighted by Gasteiger charge is -2.46. The molecule has 1 aliphatic carbocycles. The van der Waals surface area contributed by atoms with Gasteiger partial charge in [0.25, 0.3) is 0 Å². The summed E-state index contributed by atoms with van der Waals surface area (Å²) in [7, 11) is 4.16. The van der Waals surface area contributed by atoms with Gasteiger partial charge in [-0.2, -0.15) is 5.26 Å². The van der Waals surface area contributed by atoms with E-state index in [1.807, 2.05) is 6.19 Å². The normalized spacial score (nSPS) is 20.5. The second-order valence-corrected chi connectivity index (χ2v) is 3.44. The van der Waals surface area contributed by atoms with Crippen LogP contribution in [0.4, 0.5) is 0 Å². The van der Waals surface area contributed by atoms with Gasteiger partial charge < -0.3 is 10.2 Å². The Labute approximate surface area is 68.0 Å². The van der Waals surface area contributed by atoms with E-state index in [4.69, 9.17) is 5.26 Å². The number of likely N-dealkylation sites (N-methyl/N-ethyl adjacent to an activating group) is 1. The highest BCUT2D eigenvalue weighted by Gasteiger charge is 2.38. The van der Waals surface area contributed by atoms with Crippen molar-refractivity contribution in [1.29, 1.82) is 5.26 Å². The van der Waals surface area contributed by atoms with E-state index in [1.54, 1.807) is 0 Å². The van der Waals surface area contributed by atoms with Gasteiger partial charge in [0, 0.05) is 12.1 Å². The van der Waals surface area contributed by atoms with E-state index < -0.39 is 0 Å². The SMILES string of the molecule is CN(C)C1(CNC#N)CCC1. The third kappa shape index (κ3) is 1.46. The quantitative estimate of drug-likeness (QED) is 0.475. The van der Waals surface area contributed by atoms with Crippen molar-refractivity contribution in [2.45, 2.75) is 24.8 Å². The molecule has 0 bridgehead atoms. The summed E-state index contributed by atoms with van der Waals surface area (Å²) in [5.74, 6) is 0. The summed E-state index contributed by atoms with van der Waals surface area (Å²) in [5.41, 5.74) is 0.274. The highest BCUT2D eigenvalue weighted by molar-refractivity contribution is 4.98. The molecule has 0 spiro atoms. The van der Waals surface area contributed by atoms with Gasteiger partial charge in [-0.25, -0.2) is 0 Å². The van der Waals surface area contributed by atoms with Crippen LogP contribution in [0.25, 0.3) is 0 Å². The maximum Gasteiger partial charge on any atom is 0.176 e. The summed E-state index contributed by atoms with van der Waals surface area (Å²) >= 11 is 0. The first-order chi connectivity index (χ1) is 5.21. The second kappa shape index (κ2) is 3.10. The second-order valence-electron chi connectivity index (χ2n) is 3.44. The Morgan fingerprint density at radius 3 is 2.45 bits per heavy atom. The maximum absolute atomic E-state index is 8.35. The van der Waals surface area contributed by atoms with E-state index in [2.05, 4.69) is 24.3 Å². The Bertz CT molecular complexity index is 165. The van der Waals surface area contributed by atoms with Crippen LogP contribution in [0.5, 0.6) is 0 Å². The Balaban J connectivity index is 2.42. The zero-order valence-corrected chi connectivity index (χ0v) is 7.22. The lowest BCUT2D eigenvalue weighted by atomic mass is 9.76. The first-order valence-corrected chi connectivity index (χ1v) is 4.01. The molecule has 11 heavy (non-hydrogen) atoms. The minimum atomic E-state index is 0.274. The monoisotopic (exact) mass is 153 g/mol. The van der Waals surface area contributed by atoms with Crippen LogP contribution in [-0.2, 0) is 0 Å². The Hall–Kier alpha value is -0.750. The molecule has 1 saturated carbocycles. The molecule has 0 unspecified atom stereocenters. The third-order valence-electron chi connectivity index (χ3n) is 2.73. The molecule has 3 nitrogen and oxygen atoms in total. The van der Waals surface area contributed by atoms with Gasteiger partial charge in [0.2, 0.25) is 0 Å². The zero-order chi connectivity index (χ0) is 8.32. The molecule has 1 N–H and O–H groups in total. The molecule has 0 heterocycles. The molecule has 1 fully saturated rings. The average Bonchev–Trinajstić information content (AvgIpc) is 1.85. The molecule has 0 aliphatic heterocycles. The van der Waals surface area contributed by atoms with Crippen molar-refractivity contribution in [3.05, 3.63) is 0 Å². The number of nitrogens with one attached hydrogen (secondary N) is 1. The maximum atomic E-state index is 8.35. The first kappa shape index (κ1) is 8.35. The van der Waals surface area contributed by atoms with Crippen molar-refractivity contribution in [2.24, 2.45) is 0 Å². The van der Waals surface area contributed by atoms with Gasteiger partial charge in [-0.3, -0.25) is 0 Å². The fourth-order valence-electron chi connectivity index (χ4n) is 1.57. The minimum Gasteiger partial charge on any atom is -0.322 e. The van der Waals surface area contributed by atoms with Crippen molar-refractivity contribution in [3.63, 3.8) is 0 Å². The largest absolute Gasteiger partial charge is 0.322 e. The number of hydrogen-bond acceptors (Lipinski definition) is 3. The Kier molecular flexibility index (Phi) is 2.35. The van der Waals surface area contributed by atoms with Gasteiger partial charge in [-0.15, -0.1) is 0 Å². The van der Waals surface area contributed by atoms with Crippen molar-refractivity contribution < 1.29 is 0 Å².